The van der Waals surface area contributed by atoms with Gasteiger partial charge < -0.3 is 14.4 Å². The van der Waals surface area contributed by atoms with E-state index in [-0.39, 0.29) is 18.9 Å². The lowest BCUT2D eigenvalue weighted by atomic mass is 10.1. The van der Waals surface area contributed by atoms with Crippen LogP contribution in [-0.4, -0.2) is 33.5 Å². The van der Waals surface area contributed by atoms with E-state index in [1.165, 1.54) is 4.90 Å². The first-order chi connectivity index (χ1) is 11.6. The third-order valence-electron chi connectivity index (χ3n) is 4.07. The molecule has 1 N–H and O–H groups in total. The molecule has 0 saturated carbocycles. The van der Waals surface area contributed by atoms with Crippen LogP contribution in [0.1, 0.15) is 6.42 Å². The van der Waals surface area contributed by atoms with Crippen LogP contribution in [0.2, 0.25) is 0 Å². The fraction of sp³-hybridized carbons (Fsp3) is 0.176. The lowest BCUT2D eigenvalue weighted by Crippen LogP contribution is -2.25. The van der Waals surface area contributed by atoms with E-state index in [4.69, 9.17) is 9.52 Å². The molecular formula is C17H13N3O4. The van der Waals surface area contributed by atoms with Gasteiger partial charge >= 0.3 is 5.97 Å². The molecule has 1 aromatic carbocycles. The Morgan fingerprint density at radius 1 is 1.33 bits per heavy atom. The van der Waals surface area contributed by atoms with E-state index in [0.717, 1.165) is 5.56 Å². The number of aliphatic carboxylic acids is 1. The van der Waals surface area contributed by atoms with Gasteiger partial charge in [-0.15, -0.1) is 0 Å². The summed E-state index contributed by atoms with van der Waals surface area (Å²) in [4.78, 5) is 33.1. The second-order valence-electron chi connectivity index (χ2n) is 5.66. The number of hydrogen-bond acceptors (Lipinski definition) is 5. The first-order valence-corrected chi connectivity index (χ1v) is 7.46. The van der Waals surface area contributed by atoms with Gasteiger partial charge in [-0.25, -0.2) is 4.98 Å². The van der Waals surface area contributed by atoms with Crippen molar-refractivity contribution in [1.29, 1.82) is 0 Å². The number of fused-ring (bicyclic) bond motifs is 1. The van der Waals surface area contributed by atoms with E-state index in [2.05, 4.69) is 9.97 Å². The maximum Gasteiger partial charge on any atom is 0.308 e. The lowest BCUT2D eigenvalue weighted by molar-refractivity contribution is -0.141. The van der Waals surface area contributed by atoms with E-state index in [0.29, 0.717) is 22.7 Å². The molecule has 7 nitrogen and oxygen atoms in total. The molecule has 0 spiro atoms. The Morgan fingerprint density at radius 2 is 2.21 bits per heavy atom. The number of carbonyl (C=O) groups excluding carboxylic acids is 1. The average Bonchev–Trinajstić information content (AvgIpc) is 3.18. The van der Waals surface area contributed by atoms with Crippen LogP contribution in [0.4, 0.5) is 5.69 Å². The van der Waals surface area contributed by atoms with Crippen molar-refractivity contribution in [2.75, 3.05) is 11.4 Å². The minimum absolute atomic E-state index is 0.0186. The van der Waals surface area contributed by atoms with Gasteiger partial charge in [0.15, 0.2) is 5.58 Å². The van der Waals surface area contributed by atoms with Crippen molar-refractivity contribution in [3.63, 3.8) is 0 Å². The van der Waals surface area contributed by atoms with Crippen molar-refractivity contribution in [3.05, 3.63) is 42.7 Å². The van der Waals surface area contributed by atoms with E-state index in [1.807, 2.05) is 6.07 Å². The van der Waals surface area contributed by atoms with E-state index in [1.54, 1.807) is 36.7 Å². The lowest BCUT2D eigenvalue weighted by Gasteiger charge is -2.15. The van der Waals surface area contributed by atoms with Crippen molar-refractivity contribution in [3.8, 4) is 11.5 Å². The van der Waals surface area contributed by atoms with Crippen molar-refractivity contribution in [2.45, 2.75) is 6.42 Å². The first kappa shape index (κ1) is 14.4. The van der Waals surface area contributed by atoms with Gasteiger partial charge in [0.25, 0.3) is 0 Å². The molecule has 24 heavy (non-hydrogen) atoms. The van der Waals surface area contributed by atoms with Crippen molar-refractivity contribution < 1.29 is 19.1 Å². The highest BCUT2D eigenvalue weighted by Crippen LogP contribution is 2.30. The molecule has 7 heteroatoms. The number of oxazole rings is 1. The van der Waals surface area contributed by atoms with Crippen LogP contribution in [0.5, 0.6) is 0 Å². The number of nitrogens with zero attached hydrogens (tertiary/aromatic N) is 3. The van der Waals surface area contributed by atoms with Crippen LogP contribution < -0.4 is 4.90 Å². The molecule has 0 radical (unpaired) electrons. The number of anilines is 1. The highest BCUT2D eigenvalue weighted by atomic mass is 16.4. The molecule has 4 rings (SSSR count). The molecule has 0 aliphatic carbocycles. The molecule has 1 atom stereocenters. The number of carboxylic acids is 1. The fourth-order valence-corrected chi connectivity index (χ4v) is 2.82. The molecular weight excluding hydrogens is 310 g/mol. The molecule has 120 valence electrons. The van der Waals surface area contributed by atoms with Crippen LogP contribution in [0, 0.1) is 5.92 Å². The molecule has 0 unspecified atom stereocenters. The summed E-state index contributed by atoms with van der Waals surface area (Å²) in [6.07, 6.45) is 3.35. The second kappa shape index (κ2) is 5.45. The number of rotatable bonds is 3. The monoisotopic (exact) mass is 323 g/mol. The maximum absolute atomic E-state index is 12.1. The summed E-state index contributed by atoms with van der Waals surface area (Å²) < 4.78 is 5.76. The van der Waals surface area contributed by atoms with Crippen molar-refractivity contribution in [1.82, 2.24) is 9.97 Å². The molecule has 1 aliphatic rings. The largest absolute Gasteiger partial charge is 0.481 e. The zero-order chi connectivity index (χ0) is 16.7. The SMILES string of the molecule is O=C(O)[C@@H]1CC(=O)N(c2ccc3nc(-c4cccnc4)oc3c2)C1. The Hall–Kier alpha value is -3.22. The quantitative estimate of drug-likeness (QED) is 0.794. The predicted octanol–water partition coefficient (Wildman–Crippen LogP) is 2.33. The molecule has 1 fully saturated rings. The summed E-state index contributed by atoms with van der Waals surface area (Å²) in [5.41, 5.74) is 2.58. The fourth-order valence-electron chi connectivity index (χ4n) is 2.82. The normalized spacial score (nSPS) is 17.6. The Morgan fingerprint density at radius 3 is 2.92 bits per heavy atom. The molecule has 2 aromatic heterocycles. The van der Waals surface area contributed by atoms with Gasteiger partial charge in [-0.05, 0) is 24.3 Å². The van der Waals surface area contributed by atoms with Gasteiger partial charge in [-0.1, -0.05) is 0 Å². The van der Waals surface area contributed by atoms with Crippen LogP contribution in [-0.2, 0) is 9.59 Å². The minimum atomic E-state index is -0.953. The molecule has 0 bridgehead atoms. The molecule has 3 heterocycles. The zero-order valence-corrected chi connectivity index (χ0v) is 12.5. The summed E-state index contributed by atoms with van der Waals surface area (Å²) in [7, 11) is 0. The third-order valence-corrected chi connectivity index (χ3v) is 4.07. The molecule has 3 aromatic rings. The van der Waals surface area contributed by atoms with Gasteiger partial charge in [0.05, 0.1) is 11.5 Å². The Bertz CT molecular complexity index is 935. The average molecular weight is 323 g/mol. The number of benzene rings is 1. The number of carboxylic acid groups (broad SMARTS) is 1. The van der Waals surface area contributed by atoms with E-state index >= 15 is 0 Å². The van der Waals surface area contributed by atoms with Crippen LogP contribution >= 0.6 is 0 Å². The Kier molecular flexibility index (Phi) is 3.26. The van der Waals surface area contributed by atoms with E-state index < -0.39 is 11.9 Å². The summed E-state index contributed by atoms with van der Waals surface area (Å²) in [6.45, 7) is 0.170. The number of hydrogen-bond donors (Lipinski definition) is 1. The summed E-state index contributed by atoms with van der Waals surface area (Å²) in [5, 5.41) is 9.08. The summed E-state index contributed by atoms with van der Waals surface area (Å²) in [6, 6.07) is 8.87. The number of aromatic nitrogens is 2. The Balaban J connectivity index is 1.69. The number of amides is 1. The van der Waals surface area contributed by atoms with Crippen LogP contribution in [0.25, 0.3) is 22.6 Å². The van der Waals surface area contributed by atoms with Gasteiger partial charge in [0.2, 0.25) is 11.8 Å². The smallest absolute Gasteiger partial charge is 0.308 e. The summed E-state index contributed by atoms with van der Waals surface area (Å²) >= 11 is 0. The standard InChI is InChI=1S/C17H13N3O4/c21-15-6-11(17(22)23)9-20(15)12-3-4-13-14(7-12)24-16(19-13)10-2-1-5-18-8-10/h1-5,7-8,11H,6,9H2,(H,22,23)/t11-/m1/s1. The minimum Gasteiger partial charge on any atom is -0.481 e. The first-order valence-electron chi connectivity index (χ1n) is 7.46. The highest BCUT2D eigenvalue weighted by molar-refractivity contribution is 6.00. The Labute approximate surface area is 136 Å². The molecule has 1 amide bonds. The van der Waals surface area contributed by atoms with Gasteiger partial charge in [-0.3, -0.25) is 14.6 Å². The predicted molar refractivity (Wildman–Crippen MR) is 85.3 cm³/mol. The number of carbonyl (C=O) groups is 2. The maximum atomic E-state index is 12.1. The number of pyridine rings is 1. The zero-order valence-electron chi connectivity index (χ0n) is 12.5. The highest BCUT2D eigenvalue weighted by Gasteiger charge is 2.35. The topological polar surface area (TPSA) is 96.5 Å². The summed E-state index contributed by atoms with van der Waals surface area (Å²) in [5.74, 6) is -1.38. The molecule has 1 saturated heterocycles. The van der Waals surface area contributed by atoms with Gasteiger partial charge in [0, 0.05) is 37.1 Å². The van der Waals surface area contributed by atoms with E-state index in [9.17, 15) is 9.59 Å². The third kappa shape index (κ3) is 2.40. The van der Waals surface area contributed by atoms with Crippen LogP contribution in [0.3, 0.4) is 0 Å². The van der Waals surface area contributed by atoms with Crippen molar-refractivity contribution in [2.24, 2.45) is 5.92 Å². The molecule has 1 aliphatic heterocycles. The van der Waals surface area contributed by atoms with Gasteiger partial charge in [0.1, 0.15) is 5.52 Å². The second-order valence-corrected chi connectivity index (χ2v) is 5.66. The van der Waals surface area contributed by atoms with Crippen LogP contribution in [0.15, 0.2) is 47.1 Å². The van der Waals surface area contributed by atoms with Gasteiger partial charge in [-0.2, -0.15) is 0 Å². The van der Waals surface area contributed by atoms with Crippen molar-refractivity contribution >= 4 is 28.7 Å².